The van der Waals surface area contributed by atoms with Crippen LogP contribution in [0.5, 0.6) is 0 Å². The normalized spacial score (nSPS) is 11.4. The summed E-state index contributed by atoms with van der Waals surface area (Å²) in [7, 11) is 0. The second-order valence-corrected chi connectivity index (χ2v) is 9.07. The Balaban J connectivity index is 2.14. The lowest BCUT2D eigenvalue weighted by Crippen LogP contribution is -2.25. The fourth-order valence-electron chi connectivity index (χ4n) is 3.49. The van der Waals surface area contributed by atoms with Gasteiger partial charge in [0.05, 0.1) is 23.0 Å². The minimum atomic E-state index is -0.651. The van der Waals surface area contributed by atoms with Crippen LogP contribution in [0, 0.1) is 22.7 Å². The van der Waals surface area contributed by atoms with E-state index < -0.39 is 10.8 Å². The Morgan fingerprint density at radius 1 is 0.645 bits per heavy atom. The van der Waals surface area contributed by atoms with E-state index in [1.54, 1.807) is 0 Å². The molecule has 0 atom stereocenters. The van der Waals surface area contributed by atoms with Gasteiger partial charge in [0.2, 0.25) is 0 Å². The predicted molar refractivity (Wildman–Crippen MR) is 126 cm³/mol. The maximum absolute atomic E-state index is 9.77. The number of nitriles is 2. The number of rotatable bonds is 7. The van der Waals surface area contributed by atoms with Gasteiger partial charge in [-0.25, -0.2) is 0 Å². The second-order valence-electron chi connectivity index (χ2n) is 9.07. The van der Waals surface area contributed by atoms with Crippen LogP contribution in [0.4, 0.5) is 5.69 Å². The highest BCUT2D eigenvalue weighted by atomic mass is 15.1. The highest BCUT2D eigenvalue weighted by molar-refractivity contribution is 5.56. The summed E-state index contributed by atoms with van der Waals surface area (Å²) in [5.41, 5.74) is 4.00. The van der Waals surface area contributed by atoms with E-state index in [1.165, 1.54) is 11.1 Å². The Hall–Kier alpha value is -3.56. The molecule has 0 unspecified atom stereocenters. The smallest absolute Gasteiger partial charge is 0.0767 e. The number of nitrogens with zero attached hydrogens (tertiary/aromatic N) is 3. The van der Waals surface area contributed by atoms with E-state index in [2.05, 4.69) is 77.7 Å². The molecule has 0 radical (unpaired) electrons. The van der Waals surface area contributed by atoms with Crippen LogP contribution >= 0.6 is 0 Å². The molecule has 3 heteroatoms. The SMILES string of the molecule is CC(C)(C#N)c1cc(N(Cc2ccccc2)Cc2ccccc2)cc(C(C)(C)C#N)c1. The summed E-state index contributed by atoms with van der Waals surface area (Å²) in [6.07, 6.45) is 0. The van der Waals surface area contributed by atoms with E-state index >= 15 is 0 Å². The molecule has 0 aromatic heterocycles. The summed E-state index contributed by atoms with van der Waals surface area (Å²) in [5, 5.41) is 19.5. The van der Waals surface area contributed by atoms with E-state index in [9.17, 15) is 10.5 Å². The van der Waals surface area contributed by atoms with Gasteiger partial charge in [-0.1, -0.05) is 66.7 Å². The Morgan fingerprint density at radius 2 is 1.03 bits per heavy atom. The van der Waals surface area contributed by atoms with Crippen LogP contribution in [0.2, 0.25) is 0 Å². The molecule has 0 aliphatic heterocycles. The van der Waals surface area contributed by atoms with Crippen molar-refractivity contribution in [2.75, 3.05) is 4.90 Å². The van der Waals surface area contributed by atoms with Crippen molar-refractivity contribution < 1.29 is 0 Å². The monoisotopic (exact) mass is 407 g/mol. The molecule has 31 heavy (non-hydrogen) atoms. The Morgan fingerprint density at radius 3 is 1.39 bits per heavy atom. The van der Waals surface area contributed by atoms with Crippen LogP contribution in [-0.4, -0.2) is 0 Å². The van der Waals surface area contributed by atoms with Gasteiger partial charge in [-0.2, -0.15) is 10.5 Å². The molecular weight excluding hydrogens is 378 g/mol. The highest BCUT2D eigenvalue weighted by Crippen LogP contribution is 2.34. The summed E-state index contributed by atoms with van der Waals surface area (Å²) in [6, 6.07) is 31.8. The lowest BCUT2D eigenvalue weighted by molar-refractivity contribution is 0.659. The molecule has 0 aliphatic rings. The minimum absolute atomic E-state index is 0.651. The van der Waals surface area contributed by atoms with Gasteiger partial charge in [0, 0.05) is 18.8 Å². The minimum Gasteiger partial charge on any atom is -0.363 e. The van der Waals surface area contributed by atoms with Crippen molar-refractivity contribution >= 4 is 5.69 Å². The van der Waals surface area contributed by atoms with E-state index in [4.69, 9.17) is 0 Å². The summed E-state index contributed by atoms with van der Waals surface area (Å²) >= 11 is 0. The zero-order valence-corrected chi connectivity index (χ0v) is 18.8. The lowest BCUT2D eigenvalue weighted by Gasteiger charge is -2.30. The first kappa shape index (κ1) is 22.1. The van der Waals surface area contributed by atoms with Gasteiger partial charge >= 0.3 is 0 Å². The first-order valence-corrected chi connectivity index (χ1v) is 10.6. The largest absolute Gasteiger partial charge is 0.363 e. The first-order chi connectivity index (χ1) is 14.7. The summed E-state index contributed by atoms with van der Waals surface area (Å²) in [4.78, 5) is 2.32. The zero-order valence-electron chi connectivity index (χ0n) is 18.8. The molecule has 0 fully saturated rings. The molecule has 0 bridgehead atoms. The lowest BCUT2D eigenvalue weighted by atomic mass is 9.79. The van der Waals surface area contributed by atoms with Gasteiger partial charge in [0.15, 0.2) is 0 Å². The van der Waals surface area contributed by atoms with Gasteiger partial charge in [-0.05, 0) is 62.1 Å². The molecule has 0 amide bonds. The molecule has 0 spiro atoms. The van der Waals surface area contributed by atoms with Crippen molar-refractivity contribution in [3.63, 3.8) is 0 Å². The van der Waals surface area contributed by atoms with Crippen molar-refractivity contribution in [1.82, 2.24) is 0 Å². The third-order valence-corrected chi connectivity index (χ3v) is 5.72. The van der Waals surface area contributed by atoms with Crippen LogP contribution in [0.15, 0.2) is 78.9 Å². The second kappa shape index (κ2) is 9.07. The number of hydrogen-bond acceptors (Lipinski definition) is 3. The molecule has 3 rings (SSSR count). The molecule has 3 aromatic rings. The van der Waals surface area contributed by atoms with Gasteiger partial charge in [0.25, 0.3) is 0 Å². The van der Waals surface area contributed by atoms with E-state index in [1.807, 2.05) is 45.9 Å². The zero-order chi connectivity index (χ0) is 22.5. The third kappa shape index (κ3) is 5.33. The third-order valence-electron chi connectivity index (χ3n) is 5.72. The van der Waals surface area contributed by atoms with E-state index in [0.29, 0.717) is 0 Å². The molecule has 156 valence electrons. The number of hydrogen-bond donors (Lipinski definition) is 0. The maximum atomic E-state index is 9.77. The summed E-state index contributed by atoms with van der Waals surface area (Å²) in [5.74, 6) is 0. The van der Waals surface area contributed by atoms with Crippen molar-refractivity contribution in [2.24, 2.45) is 0 Å². The fraction of sp³-hybridized carbons (Fsp3) is 0.286. The van der Waals surface area contributed by atoms with Crippen LogP contribution in [0.25, 0.3) is 0 Å². The molecule has 3 aromatic carbocycles. The molecular formula is C28H29N3. The van der Waals surface area contributed by atoms with E-state index in [-0.39, 0.29) is 0 Å². The number of benzene rings is 3. The van der Waals surface area contributed by atoms with Gasteiger partial charge in [0.1, 0.15) is 0 Å². The molecule has 0 saturated carbocycles. The van der Waals surface area contributed by atoms with Gasteiger partial charge < -0.3 is 4.90 Å². The maximum Gasteiger partial charge on any atom is 0.0767 e. The highest BCUT2D eigenvalue weighted by Gasteiger charge is 2.27. The van der Waals surface area contributed by atoms with Crippen molar-refractivity contribution in [1.29, 1.82) is 10.5 Å². The molecule has 0 N–H and O–H groups in total. The van der Waals surface area contributed by atoms with Crippen LogP contribution in [0.1, 0.15) is 49.9 Å². The van der Waals surface area contributed by atoms with Crippen molar-refractivity contribution in [3.8, 4) is 12.1 Å². The van der Waals surface area contributed by atoms with Gasteiger partial charge in [-0.15, -0.1) is 0 Å². The van der Waals surface area contributed by atoms with E-state index in [0.717, 1.165) is 29.9 Å². The Bertz CT molecular complexity index is 1010. The van der Waals surface area contributed by atoms with Gasteiger partial charge in [-0.3, -0.25) is 0 Å². The number of anilines is 1. The molecule has 0 heterocycles. The molecule has 0 aliphatic carbocycles. The predicted octanol–water partition coefficient (Wildman–Crippen LogP) is 6.50. The van der Waals surface area contributed by atoms with Crippen LogP contribution in [0.3, 0.4) is 0 Å². The van der Waals surface area contributed by atoms with Crippen molar-refractivity contribution in [3.05, 3.63) is 101 Å². The van der Waals surface area contributed by atoms with Crippen LogP contribution < -0.4 is 4.90 Å². The topological polar surface area (TPSA) is 50.8 Å². The van der Waals surface area contributed by atoms with Crippen molar-refractivity contribution in [2.45, 2.75) is 51.6 Å². The Labute approximate surface area is 186 Å². The average molecular weight is 408 g/mol. The summed E-state index contributed by atoms with van der Waals surface area (Å²) < 4.78 is 0. The first-order valence-electron chi connectivity index (χ1n) is 10.6. The quantitative estimate of drug-likeness (QED) is 0.449. The molecule has 3 nitrogen and oxygen atoms in total. The fourth-order valence-corrected chi connectivity index (χ4v) is 3.49. The average Bonchev–Trinajstić information content (AvgIpc) is 2.79. The standard InChI is InChI=1S/C28H29N3/c1-27(2,20-29)24-15-25(28(3,4)21-30)17-26(16-24)31(18-22-11-7-5-8-12-22)19-23-13-9-6-10-14-23/h5-17H,18-19H2,1-4H3. The molecule has 0 saturated heterocycles. The summed E-state index contributed by atoms with van der Waals surface area (Å²) in [6.45, 7) is 9.17. The Kier molecular flexibility index (Phi) is 6.47. The van der Waals surface area contributed by atoms with Crippen LogP contribution in [-0.2, 0) is 23.9 Å².